The van der Waals surface area contributed by atoms with Crippen LogP contribution in [0.2, 0.25) is 0 Å². The Labute approximate surface area is 150 Å². The maximum atomic E-state index is 12.2. The molecule has 0 saturated carbocycles. The van der Waals surface area contributed by atoms with Crippen LogP contribution >= 0.6 is 0 Å². The van der Waals surface area contributed by atoms with Gasteiger partial charge >= 0.3 is 0 Å². The van der Waals surface area contributed by atoms with Crippen molar-refractivity contribution >= 4 is 5.91 Å². The lowest BCUT2D eigenvalue weighted by Gasteiger charge is -2.15. The van der Waals surface area contributed by atoms with Gasteiger partial charge < -0.3 is 14.8 Å². The number of carbonyl (C=O) groups is 1. The molecule has 2 aromatic carbocycles. The molecule has 1 unspecified atom stereocenters. The van der Waals surface area contributed by atoms with Crippen molar-refractivity contribution < 1.29 is 14.3 Å². The van der Waals surface area contributed by atoms with Gasteiger partial charge in [-0.25, -0.2) is 4.68 Å². The zero-order valence-corrected chi connectivity index (χ0v) is 14.5. The van der Waals surface area contributed by atoms with Crippen molar-refractivity contribution in [3.8, 4) is 17.2 Å². The van der Waals surface area contributed by atoms with Gasteiger partial charge in [0.25, 0.3) is 5.91 Å². The topological polar surface area (TPSA) is 91.2 Å². The van der Waals surface area contributed by atoms with Crippen molar-refractivity contribution in [1.82, 2.24) is 25.5 Å². The third-order valence-corrected chi connectivity index (χ3v) is 3.76. The van der Waals surface area contributed by atoms with E-state index in [1.54, 1.807) is 26.2 Å². The van der Waals surface area contributed by atoms with E-state index in [4.69, 9.17) is 9.47 Å². The molecule has 0 spiro atoms. The van der Waals surface area contributed by atoms with E-state index in [0.29, 0.717) is 12.3 Å². The molecule has 1 N–H and O–H groups in total. The van der Waals surface area contributed by atoms with E-state index >= 15 is 0 Å². The molecule has 8 heteroatoms. The molecule has 134 valence electrons. The Morgan fingerprint density at radius 2 is 1.81 bits per heavy atom. The van der Waals surface area contributed by atoms with Gasteiger partial charge in [0.2, 0.25) is 0 Å². The number of methoxy groups -OCH3 is 1. The Hall–Kier alpha value is -3.42. The summed E-state index contributed by atoms with van der Waals surface area (Å²) in [6.07, 6.45) is 0.887. The minimum Gasteiger partial charge on any atom is -0.497 e. The van der Waals surface area contributed by atoms with E-state index in [0.717, 1.165) is 17.0 Å². The zero-order valence-electron chi connectivity index (χ0n) is 14.5. The summed E-state index contributed by atoms with van der Waals surface area (Å²) in [6, 6.07) is 14.7. The summed E-state index contributed by atoms with van der Waals surface area (Å²) in [5.74, 6) is 1.18. The van der Waals surface area contributed by atoms with E-state index in [1.807, 2.05) is 36.4 Å². The van der Waals surface area contributed by atoms with Crippen molar-refractivity contribution in [2.24, 2.45) is 0 Å². The highest BCUT2D eigenvalue weighted by Crippen LogP contribution is 2.16. The molecule has 0 bridgehead atoms. The molecular formula is C18H19N5O3. The fraction of sp³-hybridized carbons (Fsp3) is 0.222. The predicted molar refractivity (Wildman–Crippen MR) is 94.1 cm³/mol. The number of benzene rings is 2. The van der Waals surface area contributed by atoms with Crippen molar-refractivity contribution in [3.05, 3.63) is 60.4 Å². The van der Waals surface area contributed by atoms with Crippen LogP contribution < -0.4 is 14.8 Å². The Morgan fingerprint density at radius 3 is 2.42 bits per heavy atom. The molecule has 1 amide bonds. The monoisotopic (exact) mass is 353 g/mol. The van der Waals surface area contributed by atoms with Gasteiger partial charge in [-0.2, -0.15) is 0 Å². The first-order chi connectivity index (χ1) is 12.7. The fourth-order valence-corrected chi connectivity index (χ4v) is 2.29. The molecule has 0 radical (unpaired) electrons. The number of tetrazole rings is 1. The lowest BCUT2D eigenvalue weighted by Crippen LogP contribution is -2.35. The van der Waals surface area contributed by atoms with Crippen LogP contribution in [0, 0.1) is 0 Å². The SMILES string of the molecule is COc1ccc(CNC(=O)C(C)Oc2ccc(-n3cnnn3)cc2)cc1. The van der Waals surface area contributed by atoms with Crippen LogP contribution in [0.5, 0.6) is 11.5 Å². The average Bonchev–Trinajstić information content (AvgIpc) is 3.22. The van der Waals surface area contributed by atoms with Gasteiger partial charge in [0, 0.05) is 6.54 Å². The molecule has 1 aromatic heterocycles. The van der Waals surface area contributed by atoms with Gasteiger partial charge in [0.1, 0.15) is 17.8 Å². The van der Waals surface area contributed by atoms with Gasteiger partial charge in [0.05, 0.1) is 12.8 Å². The highest BCUT2D eigenvalue weighted by Gasteiger charge is 2.14. The van der Waals surface area contributed by atoms with Crippen molar-refractivity contribution in [2.45, 2.75) is 19.6 Å². The largest absolute Gasteiger partial charge is 0.497 e. The molecule has 1 heterocycles. The third-order valence-electron chi connectivity index (χ3n) is 3.76. The number of ether oxygens (including phenoxy) is 2. The van der Waals surface area contributed by atoms with Crippen molar-refractivity contribution in [1.29, 1.82) is 0 Å². The molecule has 3 aromatic rings. The molecule has 8 nitrogen and oxygen atoms in total. The molecule has 0 aliphatic carbocycles. The van der Waals surface area contributed by atoms with Gasteiger partial charge in [-0.05, 0) is 59.3 Å². The second-order valence-corrected chi connectivity index (χ2v) is 5.57. The number of nitrogens with one attached hydrogen (secondary N) is 1. The van der Waals surface area contributed by atoms with Crippen LogP contribution in [0.3, 0.4) is 0 Å². The smallest absolute Gasteiger partial charge is 0.261 e. The van der Waals surface area contributed by atoms with Gasteiger partial charge in [-0.3, -0.25) is 4.79 Å². The number of rotatable bonds is 7. The van der Waals surface area contributed by atoms with E-state index in [1.165, 1.54) is 11.0 Å². The highest BCUT2D eigenvalue weighted by molar-refractivity contribution is 5.80. The molecule has 0 fully saturated rings. The fourth-order valence-electron chi connectivity index (χ4n) is 2.29. The second-order valence-electron chi connectivity index (χ2n) is 5.57. The van der Waals surface area contributed by atoms with Gasteiger partial charge in [-0.15, -0.1) is 5.10 Å². The standard InChI is InChI=1S/C18H19N5O3/c1-13(18(24)19-11-14-3-7-16(25-2)8-4-14)26-17-9-5-15(6-10-17)23-12-20-21-22-23/h3-10,12-13H,11H2,1-2H3,(H,19,24). The number of nitrogens with zero attached hydrogens (tertiary/aromatic N) is 4. The summed E-state index contributed by atoms with van der Waals surface area (Å²) in [6.45, 7) is 2.13. The molecule has 0 aliphatic rings. The van der Waals surface area contributed by atoms with Crippen molar-refractivity contribution in [3.63, 3.8) is 0 Å². The molecule has 0 aliphatic heterocycles. The lowest BCUT2D eigenvalue weighted by atomic mass is 10.2. The summed E-state index contributed by atoms with van der Waals surface area (Å²) in [5.41, 5.74) is 1.79. The summed E-state index contributed by atoms with van der Waals surface area (Å²) >= 11 is 0. The number of hydrogen-bond donors (Lipinski definition) is 1. The van der Waals surface area contributed by atoms with E-state index in [-0.39, 0.29) is 5.91 Å². The van der Waals surface area contributed by atoms with Crippen LogP contribution in [-0.4, -0.2) is 39.3 Å². The molecule has 26 heavy (non-hydrogen) atoms. The summed E-state index contributed by atoms with van der Waals surface area (Å²) in [4.78, 5) is 12.2. The Bertz CT molecular complexity index is 832. The van der Waals surface area contributed by atoms with E-state index in [2.05, 4.69) is 20.8 Å². The third kappa shape index (κ3) is 4.35. The number of carbonyl (C=O) groups excluding carboxylic acids is 1. The molecule has 0 saturated heterocycles. The van der Waals surface area contributed by atoms with Crippen LogP contribution in [0.1, 0.15) is 12.5 Å². The number of aromatic nitrogens is 4. The summed E-state index contributed by atoms with van der Waals surface area (Å²) in [5, 5.41) is 13.8. The predicted octanol–water partition coefficient (Wildman–Crippen LogP) is 1.75. The molecule has 1 atom stereocenters. The van der Waals surface area contributed by atoms with E-state index in [9.17, 15) is 4.79 Å². The normalized spacial score (nSPS) is 11.6. The summed E-state index contributed by atoms with van der Waals surface area (Å²) in [7, 11) is 1.62. The van der Waals surface area contributed by atoms with Crippen LogP contribution in [0.15, 0.2) is 54.9 Å². The second kappa shape index (κ2) is 8.11. The maximum Gasteiger partial charge on any atom is 0.261 e. The van der Waals surface area contributed by atoms with Crippen LogP contribution in [-0.2, 0) is 11.3 Å². The maximum absolute atomic E-state index is 12.2. The Balaban J connectivity index is 1.51. The van der Waals surface area contributed by atoms with Crippen LogP contribution in [0.25, 0.3) is 5.69 Å². The lowest BCUT2D eigenvalue weighted by molar-refractivity contribution is -0.127. The Kier molecular flexibility index (Phi) is 5.43. The number of amides is 1. The van der Waals surface area contributed by atoms with Gasteiger partial charge in [-0.1, -0.05) is 12.1 Å². The first-order valence-corrected chi connectivity index (χ1v) is 8.06. The van der Waals surface area contributed by atoms with Crippen LogP contribution in [0.4, 0.5) is 0 Å². The Morgan fingerprint density at radius 1 is 1.12 bits per heavy atom. The first-order valence-electron chi connectivity index (χ1n) is 8.06. The zero-order chi connectivity index (χ0) is 18.4. The number of hydrogen-bond acceptors (Lipinski definition) is 6. The first kappa shape index (κ1) is 17.4. The quantitative estimate of drug-likeness (QED) is 0.696. The van der Waals surface area contributed by atoms with Crippen molar-refractivity contribution in [2.75, 3.05) is 7.11 Å². The highest BCUT2D eigenvalue weighted by atomic mass is 16.5. The average molecular weight is 353 g/mol. The summed E-state index contributed by atoms with van der Waals surface area (Å²) < 4.78 is 12.3. The molecular weight excluding hydrogens is 334 g/mol. The minimum absolute atomic E-state index is 0.189. The van der Waals surface area contributed by atoms with E-state index < -0.39 is 6.10 Å². The minimum atomic E-state index is -0.618. The molecule has 3 rings (SSSR count). The van der Waals surface area contributed by atoms with Gasteiger partial charge in [0.15, 0.2) is 6.10 Å².